The topological polar surface area (TPSA) is 21.3 Å². The Morgan fingerprint density at radius 2 is 2.00 bits per heavy atom. The number of halogens is 3. The molecule has 0 bridgehead atoms. The Morgan fingerprint density at radius 1 is 1.14 bits per heavy atom. The number of nitrogens with one attached hydrogen (secondary N) is 1. The summed E-state index contributed by atoms with van der Waals surface area (Å²) in [7, 11) is 0. The summed E-state index contributed by atoms with van der Waals surface area (Å²) < 4.78 is 18.7. The van der Waals surface area contributed by atoms with Crippen molar-refractivity contribution in [2.24, 2.45) is 0 Å². The highest BCUT2D eigenvalue weighted by Gasteiger charge is 2.17. The minimum absolute atomic E-state index is 0.140. The lowest BCUT2D eigenvalue weighted by atomic mass is 10.1. The second-order valence-corrected chi connectivity index (χ2v) is 5.85. The lowest BCUT2D eigenvalue weighted by molar-refractivity contribution is 0.352. The molecule has 0 aromatic heterocycles. The largest absolute Gasteiger partial charge is 0.493 e. The molecule has 0 unspecified atom stereocenters. The Morgan fingerprint density at radius 3 is 2.81 bits per heavy atom. The molecule has 0 amide bonds. The van der Waals surface area contributed by atoms with Crippen molar-refractivity contribution in [3.63, 3.8) is 0 Å². The lowest BCUT2D eigenvalue weighted by Crippen LogP contribution is -2.13. The number of hydrogen-bond donors (Lipinski definition) is 1. The van der Waals surface area contributed by atoms with Crippen LogP contribution in [0.4, 0.5) is 4.39 Å². The molecule has 0 radical (unpaired) electrons. The van der Waals surface area contributed by atoms with Crippen LogP contribution in [0.1, 0.15) is 16.7 Å². The van der Waals surface area contributed by atoms with Crippen molar-refractivity contribution in [1.29, 1.82) is 0 Å². The Labute approximate surface area is 132 Å². The van der Waals surface area contributed by atoms with Gasteiger partial charge in [0.05, 0.1) is 11.6 Å². The van der Waals surface area contributed by atoms with Crippen molar-refractivity contribution in [1.82, 2.24) is 5.32 Å². The summed E-state index contributed by atoms with van der Waals surface area (Å²) in [5, 5.41) is 4.16. The van der Waals surface area contributed by atoms with Crippen LogP contribution in [0.15, 0.2) is 30.3 Å². The predicted octanol–water partition coefficient (Wildman–Crippen LogP) is 4.36. The van der Waals surface area contributed by atoms with Crippen LogP contribution in [0.2, 0.25) is 10.0 Å². The van der Waals surface area contributed by atoms with Crippen molar-refractivity contribution < 1.29 is 9.13 Å². The monoisotopic (exact) mass is 325 g/mol. The van der Waals surface area contributed by atoms with E-state index in [9.17, 15) is 4.39 Å². The normalized spacial score (nSPS) is 13.1. The molecule has 0 aliphatic carbocycles. The highest BCUT2D eigenvalue weighted by atomic mass is 35.5. The zero-order valence-electron chi connectivity index (χ0n) is 11.3. The highest BCUT2D eigenvalue weighted by molar-refractivity contribution is 6.31. The maximum atomic E-state index is 13.1. The summed E-state index contributed by atoms with van der Waals surface area (Å²) in [6.45, 7) is 1.94. The maximum absolute atomic E-state index is 13.1. The summed E-state index contributed by atoms with van der Waals surface area (Å²) in [4.78, 5) is 0. The second-order valence-electron chi connectivity index (χ2n) is 5.00. The summed E-state index contributed by atoms with van der Waals surface area (Å²) in [5.41, 5.74) is 3.13. The Kier molecular flexibility index (Phi) is 4.34. The van der Waals surface area contributed by atoms with Gasteiger partial charge in [0.2, 0.25) is 0 Å². The average molecular weight is 326 g/mol. The summed E-state index contributed by atoms with van der Waals surface area (Å²) in [5.74, 6) is 0.533. The van der Waals surface area contributed by atoms with E-state index in [0.717, 1.165) is 33.9 Å². The quantitative estimate of drug-likeness (QED) is 0.901. The van der Waals surface area contributed by atoms with Crippen LogP contribution in [0.5, 0.6) is 5.75 Å². The molecule has 2 aromatic rings. The van der Waals surface area contributed by atoms with Gasteiger partial charge in [-0.1, -0.05) is 29.3 Å². The van der Waals surface area contributed by atoms with Crippen molar-refractivity contribution in [3.05, 3.63) is 62.9 Å². The number of fused-ring (bicyclic) bond motifs is 1. The smallest absolute Gasteiger partial charge is 0.141 e. The Bertz CT molecular complexity index is 676. The molecular formula is C16H14Cl2FNO. The first-order chi connectivity index (χ1) is 10.1. The molecule has 0 saturated carbocycles. The van der Waals surface area contributed by atoms with E-state index < -0.39 is 5.82 Å². The van der Waals surface area contributed by atoms with E-state index >= 15 is 0 Å². The SMILES string of the molecule is Fc1ccc(CNCc2cc(Cl)cc3c2OCC3)cc1Cl. The number of hydrogen-bond acceptors (Lipinski definition) is 2. The van der Waals surface area contributed by atoms with Gasteiger partial charge in [0.15, 0.2) is 0 Å². The lowest BCUT2D eigenvalue weighted by Gasteiger charge is -2.10. The van der Waals surface area contributed by atoms with Crippen LogP contribution in [-0.4, -0.2) is 6.61 Å². The molecule has 1 aliphatic rings. The van der Waals surface area contributed by atoms with E-state index in [1.54, 1.807) is 12.1 Å². The minimum atomic E-state index is -0.401. The Balaban J connectivity index is 1.67. The van der Waals surface area contributed by atoms with E-state index in [1.807, 2.05) is 12.1 Å². The first kappa shape index (κ1) is 14.6. The third-order valence-corrected chi connectivity index (χ3v) is 3.96. The van der Waals surface area contributed by atoms with E-state index in [2.05, 4.69) is 5.32 Å². The summed E-state index contributed by atoms with van der Waals surface area (Å²) in [6, 6.07) is 8.58. The zero-order chi connectivity index (χ0) is 14.8. The molecule has 21 heavy (non-hydrogen) atoms. The molecule has 0 spiro atoms. The van der Waals surface area contributed by atoms with Crippen LogP contribution < -0.4 is 10.1 Å². The molecule has 0 atom stereocenters. The van der Waals surface area contributed by atoms with Crippen molar-refractivity contribution >= 4 is 23.2 Å². The van der Waals surface area contributed by atoms with Crippen LogP contribution in [0.3, 0.4) is 0 Å². The van der Waals surface area contributed by atoms with Gasteiger partial charge in [-0.05, 0) is 35.4 Å². The molecule has 0 saturated heterocycles. The Hall–Kier alpha value is -1.29. The van der Waals surface area contributed by atoms with Crippen LogP contribution in [-0.2, 0) is 19.5 Å². The van der Waals surface area contributed by atoms with E-state index in [4.69, 9.17) is 27.9 Å². The molecule has 5 heteroatoms. The number of ether oxygens (including phenoxy) is 1. The van der Waals surface area contributed by atoms with E-state index in [0.29, 0.717) is 19.7 Å². The molecule has 1 N–H and O–H groups in total. The second kappa shape index (κ2) is 6.22. The van der Waals surface area contributed by atoms with Gasteiger partial charge in [0.25, 0.3) is 0 Å². The van der Waals surface area contributed by atoms with Gasteiger partial charge in [-0.15, -0.1) is 0 Å². The molecule has 2 aromatic carbocycles. The predicted molar refractivity (Wildman–Crippen MR) is 82.6 cm³/mol. The molecule has 110 valence electrons. The fourth-order valence-corrected chi connectivity index (χ4v) is 2.93. The molecule has 2 nitrogen and oxygen atoms in total. The molecular weight excluding hydrogens is 312 g/mol. The first-order valence-corrected chi connectivity index (χ1v) is 7.48. The standard InChI is InChI=1S/C16H14Cl2FNO/c17-13-6-11-3-4-21-16(11)12(7-13)9-20-8-10-1-2-15(19)14(18)5-10/h1-2,5-7,20H,3-4,8-9H2. The minimum Gasteiger partial charge on any atom is -0.493 e. The van der Waals surface area contributed by atoms with Gasteiger partial charge >= 0.3 is 0 Å². The first-order valence-electron chi connectivity index (χ1n) is 6.72. The molecule has 1 heterocycles. The van der Waals surface area contributed by atoms with Crippen molar-refractivity contribution in [2.75, 3.05) is 6.61 Å². The fraction of sp³-hybridized carbons (Fsp3) is 0.250. The molecule has 3 rings (SSSR count). The van der Waals surface area contributed by atoms with Crippen molar-refractivity contribution in [3.8, 4) is 5.75 Å². The highest BCUT2D eigenvalue weighted by Crippen LogP contribution is 2.32. The van der Waals surface area contributed by atoms with Gasteiger partial charge in [0, 0.05) is 30.1 Å². The summed E-state index contributed by atoms with van der Waals surface area (Å²) in [6.07, 6.45) is 0.899. The van der Waals surface area contributed by atoms with E-state index in [1.165, 1.54) is 6.07 Å². The molecule has 1 aliphatic heterocycles. The van der Waals surface area contributed by atoms with Crippen LogP contribution >= 0.6 is 23.2 Å². The molecule has 0 fully saturated rings. The fourth-order valence-electron chi connectivity index (χ4n) is 2.47. The number of rotatable bonds is 4. The van der Waals surface area contributed by atoms with E-state index in [-0.39, 0.29) is 5.02 Å². The average Bonchev–Trinajstić information content (AvgIpc) is 2.91. The van der Waals surface area contributed by atoms with Gasteiger partial charge in [0.1, 0.15) is 11.6 Å². The van der Waals surface area contributed by atoms with Gasteiger partial charge in [-0.2, -0.15) is 0 Å². The third kappa shape index (κ3) is 3.31. The van der Waals surface area contributed by atoms with Crippen LogP contribution in [0.25, 0.3) is 0 Å². The summed E-state index contributed by atoms with van der Waals surface area (Å²) >= 11 is 11.9. The third-order valence-electron chi connectivity index (χ3n) is 3.45. The zero-order valence-corrected chi connectivity index (χ0v) is 12.8. The number of benzene rings is 2. The van der Waals surface area contributed by atoms with Gasteiger partial charge in [-0.25, -0.2) is 4.39 Å². The van der Waals surface area contributed by atoms with Crippen LogP contribution in [0, 0.1) is 5.82 Å². The van der Waals surface area contributed by atoms with Crippen molar-refractivity contribution in [2.45, 2.75) is 19.5 Å². The van der Waals surface area contributed by atoms with Gasteiger partial charge < -0.3 is 10.1 Å². The maximum Gasteiger partial charge on any atom is 0.141 e. The van der Waals surface area contributed by atoms with Gasteiger partial charge in [-0.3, -0.25) is 0 Å².